The summed E-state index contributed by atoms with van der Waals surface area (Å²) < 4.78 is 7.56. The molecule has 0 fully saturated rings. The van der Waals surface area contributed by atoms with Gasteiger partial charge >= 0.3 is 0 Å². The molecule has 3 aromatic heterocycles. The summed E-state index contributed by atoms with van der Waals surface area (Å²) in [5.74, 6) is 2.54. The fourth-order valence-corrected chi connectivity index (χ4v) is 3.26. The highest BCUT2D eigenvalue weighted by Gasteiger charge is 2.26. The third-order valence-corrected chi connectivity index (χ3v) is 4.94. The third-order valence-electron chi connectivity index (χ3n) is 4.94. The van der Waals surface area contributed by atoms with Gasteiger partial charge in [0.1, 0.15) is 0 Å². The lowest BCUT2D eigenvalue weighted by atomic mass is 9.82. The molecule has 0 bridgehead atoms. The topological polar surface area (TPSA) is 69.6 Å². The van der Waals surface area contributed by atoms with Crippen molar-refractivity contribution in [2.45, 2.75) is 40.2 Å². The highest BCUT2D eigenvalue weighted by molar-refractivity contribution is 5.51. The Balaban J connectivity index is 1.57. The number of hydrogen-bond acceptors (Lipinski definition) is 5. The normalized spacial score (nSPS) is 20.1. The molecule has 0 spiro atoms. The monoisotopic (exact) mass is 323 g/mol. The number of fused-ring (bicyclic) bond motifs is 1. The van der Waals surface area contributed by atoms with Crippen molar-refractivity contribution in [1.29, 1.82) is 0 Å². The average Bonchev–Trinajstić information content (AvgIpc) is 3.17. The number of rotatable bonds is 3. The standard InChI is InChI=1S/C18H21N5O/c1-11-4-14(8-19-7-11)18-21-17(22-24-18)9-23-10-20-15-5-12(2)13(3)6-16(15)23/h4,7-8,10,12-13H,5-6,9H2,1-3H3/t12-,13-/m1/s1. The Bertz CT molecular complexity index is 866. The number of nitrogens with zero attached hydrogens (tertiary/aromatic N) is 5. The van der Waals surface area contributed by atoms with Gasteiger partial charge in [-0.2, -0.15) is 4.98 Å². The van der Waals surface area contributed by atoms with Crippen LogP contribution in [0.15, 0.2) is 29.3 Å². The first-order valence-corrected chi connectivity index (χ1v) is 8.37. The Morgan fingerprint density at radius 2 is 2.04 bits per heavy atom. The smallest absolute Gasteiger partial charge is 0.259 e. The molecule has 2 atom stereocenters. The van der Waals surface area contributed by atoms with Crippen molar-refractivity contribution < 1.29 is 4.52 Å². The highest BCUT2D eigenvalue weighted by atomic mass is 16.5. The summed E-state index contributed by atoms with van der Waals surface area (Å²) in [5, 5.41) is 4.12. The Morgan fingerprint density at radius 1 is 1.21 bits per heavy atom. The molecule has 3 aromatic rings. The van der Waals surface area contributed by atoms with E-state index in [0.717, 1.165) is 24.0 Å². The highest BCUT2D eigenvalue weighted by Crippen LogP contribution is 2.29. The molecular formula is C18H21N5O. The first-order valence-electron chi connectivity index (χ1n) is 8.37. The van der Waals surface area contributed by atoms with E-state index in [2.05, 4.69) is 38.5 Å². The molecule has 6 heteroatoms. The van der Waals surface area contributed by atoms with Crippen LogP contribution >= 0.6 is 0 Å². The summed E-state index contributed by atoms with van der Waals surface area (Å²) in [6, 6.07) is 1.99. The molecule has 24 heavy (non-hydrogen) atoms. The maximum absolute atomic E-state index is 5.40. The second-order valence-electron chi connectivity index (χ2n) is 6.90. The van der Waals surface area contributed by atoms with Crippen molar-refractivity contribution in [3.63, 3.8) is 0 Å². The van der Waals surface area contributed by atoms with Crippen LogP contribution in [-0.2, 0) is 19.4 Å². The molecule has 1 aliphatic rings. The molecule has 0 N–H and O–H groups in total. The Hall–Kier alpha value is -2.50. The number of pyridine rings is 1. The van der Waals surface area contributed by atoms with Crippen molar-refractivity contribution in [1.82, 2.24) is 24.7 Å². The predicted octanol–water partition coefficient (Wildman–Crippen LogP) is 3.06. The van der Waals surface area contributed by atoms with E-state index in [4.69, 9.17) is 4.52 Å². The summed E-state index contributed by atoms with van der Waals surface area (Å²) in [6.45, 7) is 7.19. The van der Waals surface area contributed by atoms with Crippen LogP contribution in [0, 0.1) is 18.8 Å². The zero-order chi connectivity index (χ0) is 16.7. The van der Waals surface area contributed by atoms with Crippen molar-refractivity contribution in [3.8, 4) is 11.5 Å². The van der Waals surface area contributed by atoms with Gasteiger partial charge in [0.05, 0.1) is 24.1 Å². The van der Waals surface area contributed by atoms with E-state index in [9.17, 15) is 0 Å². The molecule has 0 saturated carbocycles. The van der Waals surface area contributed by atoms with Gasteiger partial charge in [-0.3, -0.25) is 4.98 Å². The van der Waals surface area contributed by atoms with Crippen molar-refractivity contribution >= 4 is 0 Å². The first kappa shape index (κ1) is 15.1. The summed E-state index contributed by atoms with van der Waals surface area (Å²) in [6.07, 6.45) is 7.56. The van der Waals surface area contributed by atoms with Crippen LogP contribution in [0.2, 0.25) is 0 Å². The lowest BCUT2D eigenvalue weighted by Gasteiger charge is -2.25. The molecule has 1 aliphatic carbocycles. The number of aryl methyl sites for hydroxylation is 1. The molecule has 124 valence electrons. The van der Waals surface area contributed by atoms with Gasteiger partial charge in [0.25, 0.3) is 5.89 Å². The Kier molecular flexibility index (Phi) is 3.67. The maximum atomic E-state index is 5.40. The van der Waals surface area contributed by atoms with E-state index < -0.39 is 0 Å². The molecule has 0 aromatic carbocycles. The van der Waals surface area contributed by atoms with Gasteiger partial charge in [-0.1, -0.05) is 19.0 Å². The summed E-state index contributed by atoms with van der Waals surface area (Å²) in [4.78, 5) is 13.3. The van der Waals surface area contributed by atoms with Crippen LogP contribution in [-0.4, -0.2) is 24.7 Å². The minimum Gasteiger partial charge on any atom is -0.334 e. The largest absolute Gasteiger partial charge is 0.334 e. The Labute approximate surface area is 141 Å². The predicted molar refractivity (Wildman–Crippen MR) is 89.3 cm³/mol. The lowest BCUT2D eigenvalue weighted by Crippen LogP contribution is -2.22. The van der Waals surface area contributed by atoms with E-state index in [0.29, 0.717) is 30.1 Å². The zero-order valence-corrected chi connectivity index (χ0v) is 14.2. The molecule has 0 amide bonds. The van der Waals surface area contributed by atoms with Gasteiger partial charge in [-0.25, -0.2) is 4.98 Å². The fourth-order valence-electron chi connectivity index (χ4n) is 3.26. The quantitative estimate of drug-likeness (QED) is 0.741. The first-order chi connectivity index (χ1) is 11.6. The van der Waals surface area contributed by atoms with E-state index >= 15 is 0 Å². The fraction of sp³-hybridized carbons (Fsp3) is 0.444. The SMILES string of the molecule is Cc1cncc(-c2nc(Cn3cnc4c3C[C@@H](C)[C@H](C)C4)no2)c1. The van der Waals surface area contributed by atoms with E-state index in [1.165, 1.54) is 11.4 Å². The minimum atomic E-state index is 0.511. The van der Waals surface area contributed by atoms with Crippen LogP contribution in [0.1, 0.15) is 36.6 Å². The van der Waals surface area contributed by atoms with Crippen molar-refractivity contribution in [2.75, 3.05) is 0 Å². The maximum Gasteiger partial charge on any atom is 0.259 e. The van der Waals surface area contributed by atoms with Gasteiger partial charge in [0.15, 0.2) is 5.82 Å². The molecular weight excluding hydrogens is 302 g/mol. The van der Waals surface area contributed by atoms with Crippen LogP contribution in [0.5, 0.6) is 0 Å². The van der Waals surface area contributed by atoms with Crippen LogP contribution in [0.25, 0.3) is 11.5 Å². The van der Waals surface area contributed by atoms with E-state index in [-0.39, 0.29) is 0 Å². The summed E-state index contributed by atoms with van der Waals surface area (Å²) in [5.41, 5.74) is 4.44. The number of hydrogen-bond donors (Lipinski definition) is 0. The molecule has 4 rings (SSSR count). The van der Waals surface area contributed by atoms with Gasteiger partial charge in [-0.05, 0) is 43.2 Å². The number of imidazole rings is 1. The number of aromatic nitrogens is 5. The van der Waals surface area contributed by atoms with Crippen LogP contribution < -0.4 is 0 Å². The van der Waals surface area contributed by atoms with Gasteiger partial charge in [0, 0.05) is 18.1 Å². The molecule has 0 unspecified atom stereocenters. The van der Waals surface area contributed by atoms with E-state index in [1.807, 2.05) is 19.3 Å². The van der Waals surface area contributed by atoms with Crippen LogP contribution in [0.3, 0.4) is 0 Å². The zero-order valence-electron chi connectivity index (χ0n) is 14.2. The van der Waals surface area contributed by atoms with Crippen molar-refractivity contribution in [2.24, 2.45) is 11.8 Å². The van der Waals surface area contributed by atoms with Gasteiger partial charge in [0.2, 0.25) is 0 Å². The van der Waals surface area contributed by atoms with Gasteiger partial charge in [-0.15, -0.1) is 0 Å². The molecule has 0 saturated heterocycles. The second kappa shape index (κ2) is 5.85. The average molecular weight is 323 g/mol. The molecule has 0 radical (unpaired) electrons. The Morgan fingerprint density at radius 3 is 2.88 bits per heavy atom. The summed E-state index contributed by atoms with van der Waals surface area (Å²) >= 11 is 0. The van der Waals surface area contributed by atoms with Crippen LogP contribution in [0.4, 0.5) is 0 Å². The molecule has 6 nitrogen and oxygen atoms in total. The molecule has 3 heterocycles. The van der Waals surface area contributed by atoms with Gasteiger partial charge < -0.3 is 9.09 Å². The molecule has 0 aliphatic heterocycles. The minimum absolute atomic E-state index is 0.511. The van der Waals surface area contributed by atoms with E-state index in [1.54, 1.807) is 12.4 Å². The lowest BCUT2D eigenvalue weighted by molar-refractivity contribution is 0.349. The van der Waals surface area contributed by atoms with Crippen molar-refractivity contribution in [3.05, 3.63) is 47.6 Å². The second-order valence-corrected chi connectivity index (χ2v) is 6.90. The summed E-state index contributed by atoms with van der Waals surface area (Å²) in [7, 11) is 0. The third kappa shape index (κ3) is 2.72.